The summed E-state index contributed by atoms with van der Waals surface area (Å²) in [7, 11) is -3.58. The molecule has 0 atom stereocenters. The van der Waals surface area contributed by atoms with Gasteiger partial charge in [0.15, 0.2) is 5.82 Å². The third-order valence-corrected chi connectivity index (χ3v) is 5.77. The molecule has 144 valence electrons. The second kappa shape index (κ2) is 7.98. The number of benzene rings is 2. The maximum absolute atomic E-state index is 12.3. The van der Waals surface area contributed by atoms with Crippen LogP contribution in [0.4, 0.5) is 5.69 Å². The van der Waals surface area contributed by atoms with Crippen molar-refractivity contribution in [1.82, 2.24) is 14.8 Å². The average molecular weight is 395 g/mol. The standard InChI is InChI=1S/C21H22N4O2S/c26-28(27,16-14-17-7-3-1-4-8-17)24-19-12-10-18(11-13-19)21-23-22-20-9-5-2-6-15-25(20)21/h1,3-4,7-8,10-14,16,24H,2,5-6,9,15H2/b16-14+. The van der Waals surface area contributed by atoms with E-state index in [1.807, 2.05) is 42.5 Å². The zero-order valence-electron chi connectivity index (χ0n) is 15.5. The van der Waals surface area contributed by atoms with Gasteiger partial charge in [0.25, 0.3) is 10.0 Å². The van der Waals surface area contributed by atoms with Crippen molar-refractivity contribution in [3.8, 4) is 11.4 Å². The number of anilines is 1. The minimum absolute atomic E-state index is 0.511. The predicted molar refractivity (Wildman–Crippen MR) is 111 cm³/mol. The van der Waals surface area contributed by atoms with E-state index >= 15 is 0 Å². The summed E-state index contributed by atoms with van der Waals surface area (Å²) in [5, 5.41) is 9.84. The summed E-state index contributed by atoms with van der Waals surface area (Å²) >= 11 is 0. The van der Waals surface area contributed by atoms with Crippen molar-refractivity contribution in [3.63, 3.8) is 0 Å². The lowest BCUT2D eigenvalue weighted by Crippen LogP contribution is -2.08. The van der Waals surface area contributed by atoms with E-state index in [0.29, 0.717) is 5.69 Å². The first-order chi connectivity index (χ1) is 13.6. The Kier molecular flexibility index (Phi) is 5.25. The summed E-state index contributed by atoms with van der Waals surface area (Å²) in [5.74, 6) is 1.87. The molecule has 1 N–H and O–H groups in total. The van der Waals surface area contributed by atoms with Gasteiger partial charge in [0, 0.05) is 24.2 Å². The summed E-state index contributed by atoms with van der Waals surface area (Å²) in [5.41, 5.74) is 2.27. The van der Waals surface area contributed by atoms with Crippen LogP contribution in [0.2, 0.25) is 0 Å². The normalized spacial score (nSPS) is 14.6. The fourth-order valence-corrected chi connectivity index (χ4v) is 4.19. The van der Waals surface area contributed by atoms with Crippen molar-refractivity contribution >= 4 is 21.8 Å². The molecular formula is C21H22N4O2S. The molecule has 0 amide bonds. The van der Waals surface area contributed by atoms with Crippen LogP contribution in [-0.2, 0) is 23.0 Å². The van der Waals surface area contributed by atoms with E-state index in [0.717, 1.165) is 48.6 Å². The number of nitrogens with zero attached hydrogens (tertiary/aromatic N) is 3. The van der Waals surface area contributed by atoms with Gasteiger partial charge in [0.2, 0.25) is 0 Å². The molecule has 2 aromatic carbocycles. The zero-order chi connectivity index (χ0) is 19.4. The van der Waals surface area contributed by atoms with Crippen LogP contribution in [0.5, 0.6) is 0 Å². The summed E-state index contributed by atoms with van der Waals surface area (Å²) in [6, 6.07) is 16.6. The van der Waals surface area contributed by atoms with Gasteiger partial charge in [-0.25, -0.2) is 8.42 Å². The SMILES string of the molecule is O=S(=O)(/C=C/c1ccccc1)Nc1ccc(-c2nnc3n2CCCCC3)cc1. The monoisotopic (exact) mass is 394 g/mol. The molecule has 0 unspecified atom stereocenters. The van der Waals surface area contributed by atoms with Gasteiger partial charge < -0.3 is 4.57 Å². The number of hydrogen-bond donors (Lipinski definition) is 1. The van der Waals surface area contributed by atoms with Gasteiger partial charge in [-0.2, -0.15) is 0 Å². The summed E-state index contributed by atoms with van der Waals surface area (Å²) in [6.07, 6.45) is 6.01. The van der Waals surface area contributed by atoms with E-state index in [1.54, 1.807) is 18.2 Å². The molecule has 6 nitrogen and oxygen atoms in total. The molecule has 0 fully saturated rings. The minimum atomic E-state index is -3.58. The Morgan fingerprint density at radius 2 is 1.71 bits per heavy atom. The lowest BCUT2D eigenvalue weighted by Gasteiger charge is -2.08. The Bertz CT molecular complexity index is 1070. The molecule has 1 aliphatic rings. The van der Waals surface area contributed by atoms with Gasteiger partial charge in [-0.05, 0) is 48.7 Å². The minimum Gasteiger partial charge on any atom is -0.311 e. The molecule has 3 aromatic rings. The smallest absolute Gasteiger partial charge is 0.255 e. The third kappa shape index (κ3) is 4.31. The highest BCUT2D eigenvalue weighted by Crippen LogP contribution is 2.24. The van der Waals surface area contributed by atoms with Gasteiger partial charge in [-0.3, -0.25) is 4.72 Å². The highest BCUT2D eigenvalue weighted by Gasteiger charge is 2.16. The second-order valence-electron chi connectivity index (χ2n) is 6.84. The molecule has 0 saturated heterocycles. The molecule has 0 radical (unpaired) electrons. The summed E-state index contributed by atoms with van der Waals surface area (Å²) in [4.78, 5) is 0. The van der Waals surface area contributed by atoms with Gasteiger partial charge in [-0.15, -0.1) is 10.2 Å². The molecule has 0 aliphatic carbocycles. The molecule has 0 bridgehead atoms. The molecule has 7 heteroatoms. The Morgan fingerprint density at radius 1 is 0.929 bits per heavy atom. The van der Waals surface area contributed by atoms with Crippen LogP contribution < -0.4 is 4.72 Å². The zero-order valence-corrected chi connectivity index (χ0v) is 16.3. The third-order valence-electron chi connectivity index (χ3n) is 4.75. The van der Waals surface area contributed by atoms with Gasteiger partial charge in [0.05, 0.1) is 5.41 Å². The topological polar surface area (TPSA) is 76.9 Å². The number of aromatic nitrogens is 3. The first-order valence-electron chi connectivity index (χ1n) is 9.39. The van der Waals surface area contributed by atoms with E-state index in [4.69, 9.17) is 0 Å². The number of fused-ring (bicyclic) bond motifs is 1. The quantitative estimate of drug-likeness (QED) is 0.707. The van der Waals surface area contributed by atoms with Crippen molar-refractivity contribution in [1.29, 1.82) is 0 Å². The summed E-state index contributed by atoms with van der Waals surface area (Å²) < 4.78 is 29.3. The van der Waals surface area contributed by atoms with Crippen molar-refractivity contribution in [2.45, 2.75) is 32.2 Å². The molecular weight excluding hydrogens is 372 g/mol. The van der Waals surface area contributed by atoms with Crippen LogP contribution in [0.3, 0.4) is 0 Å². The summed E-state index contributed by atoms with van der Waals surface area (Å²) in [6.45, 7) is 0.927. The molecule has 28 heavy (non-hydrogen) atoms. The molecule has 0 saturated carbocycles. The maximum Gasteiger partial charge on any atom is 0.255 e. The van der Waals surface area contributed by atoms with Crippen molar-refractivity contribution in [2.75, 3.05) is 4.72 Å². The van der Waals surface area contributed by atoms with E-state index in [-0.39, 0.29) is 0 Å². The lowest BCUT2D eigenvalue weighted by atomic mass is 10.2. The number of sulfonamides is 1. The van der Waals surface area contributed by atoms with E-state index in [2.05, 4.69) is 19.5 Å². The van der Waals surface area contributed by atoms with Crippen LogP contribution in [0, 0.1) is 0 Å². The van der Waals surface area contributed by atoms with Gasteiger partial charge in [-0.1, -0.05) is 36.8 Å². The first-order valence-corrected chi connectivity index (χ1v) is 10.9. The second-order valence-corrected chi connectivity index (χ2v) is 8.41. The fourth-order valence-electron chi connectivity index (χ4n) is 3.32. The molecule has 0 spiro atoms. The first kappa shape index (κ1) is 18.4. The van der Waals surface area contributed by atoms with Gasteiger partial charge >= 0.3 is 0 Å². The van der Waals surface area contributed by atoms with Crippen LogP contribution in [0.1, 0.15) is 30.7 Å². The molecule has 1 aromatic heterocycles. The maximum atomic E-state index is 12.3. The number of hydrogen-bond acceptors (Lipinski definition) is 4. The lowest BCUT2D eigenvalue weighted by molar-refractivity contribution is 0.609. The van der Waals surface area contributed by atoms with Crippen LogP contribution in [-0.4, -0.2) is 23.2 Å². The van der Waals surface area contributed by atoms with Crippen molar-refractivity contribution < 1.29 is 8.42 Å². The Morgan fingerprint density at radius 3 is 2.50 bits per heavy atom. The van der Waals surface area contributed by atoms with Crippen LogP contribution >= 0.6 is 0 Å². The van der Waals surface area contributed by atoms with E-state index in [1.165, 1.54) is 11.8 Å². The van der Waals surface area contributed by atoms with Crippen LogP contribution in [0.15, 0.2) is 60.0 Å². The number of nitrogens with one attached hydrogen (secondary N) is 1. The van der Waals surface area contributed by atoms with E-state index in [9.17, 15) is 8.42 Å². The molecule has 2 heterocycles. The van der Waals surface area contributed by atoms with Crippen molar-refractivity contribution in [3.05, 3.63) is 71.4 Å². The number of rotatable bonds is 5. The molecule has 4 rings (SSSR count). The van der Waals surface area contributed by atoms with E-state index < -0.39 is 10.0 Å². The highest BCUT2D eigenvalue weighted by molar-refractivity contribution is 7.95. The van der Waals surface area contributed by atoms with Crippen LogP contribution in [0.25, 0.3) is 17.5 Å². The number of aryl methyl sites for hydroxylation is 1. The predicted octanol–water partition coefficient (Wildman–Crippen LogP) is 4.08. The largest absolute Gasteiger partial charge is 0.311 e. The Hall–Kier alpha value is -2.93. The average Bonchev–Trinajstić information content (AvgIpc) is 2.96. The molecule has 1 aliphatic heterocycles. The highest BCUT2D eigenvalue weighted by atomic mass is 32.2. The van der Waals surface area contributed by atoms with Gasteiger partial charge in [0.1, 0.15) is 5.82 Å². The fraction of sp³-hybridized carbons (Fsp3) is 0.238. The van der Waals surface area contributed by atoms with Crippen molar-refractivity contribution in [2.24, 2.45) is 0 Å². The Labute approximate surface area is 165 Å². The Balaban J connectivity index is 1.49.